The third kappa shape index (κ3) is 7.85. The van der Waals surface area contributed by atoms with Gasteiger partial charge in [0.15, 0.2) is 0 Å². The molecule has 0 bridgehead atoms. The second kappa shape index (κ2) is 15.8. The van der Waals surface area contributed by atoms with Gasteiger partial charge in [-0.15, -0.1) is 26.3 Å². The smallest absolute Gasteiger partial charge is 0 e. The Bertz CT molecular complexity index is 231. The van der Waals surface area contributed by atoms with Crippen LogP contribution in [0.2, 0.25) is 0 Å². The molecule has 0 saturated heterocycles. The molecule has 0 nitrogen and oxygen atoms in total. The van der Waals surface area contributed by atoms with E-state index in [4.69, 9.17) is 0 Å². The molecular formula is C22H41PPd. The van der Waals surface area contributed by atoms with E-state index in [1.54, 1.807) is 77.0 Å². The maximum absolute atomic E-state index is 3.00. The third-order valence-corrected chi connectivity index (χ3v) is 10.1. The second-order valence-electron chi connectivity index (χ2n) is 7.32. The van der Waals surface area contributed by atoms with Gasteiger partial charge in [0.2, 0.25) is 0 Å². The van der Waals surface area contributed by atoms with Crippen molar-refractivity contribution in [3.05, 3.63) is 26.3 Å². The van der Waals surface area contributed by atoms with E-state index in [9.17, 15) is 0 Å². The molecule has 0 heterocycles. The minimum absolute atomic E-state index is 0. The largest absolute Gasteiger partial charge is 0.106 e. The van der Waals surface area contributed by atoms with Crippen molar-refractivity contribution in [1.82, 2.24) is 0 Å². The Morgan fingerprint density at radius 3 is 0.833 bits per heavy atom. The number of hydrogen-bond acceptors (Lipinski definition) is 0. The van der Waals surface area contributed by atoms with E-state index in [1.165, 1.54) is 36.2 Å². The van der Waals surface area contributed by atoms with Gasteiger partial charge in [-0.1, -0.05) is 65.7 Å². The summed E-state index contributed by atoms with van der Waals surface area (Å²) in [6.07, 6.45) is 23.6. The van der Waals surface area contributed by atoms with Crippen LogP contribution in [0.5, 0.6) is 0 Å². The Kier molecular flexibility index (Phi) is 16.2. The maximum Gasteiger partial charge on any atom is 0 e. The third-order valence-electron chi connectivity index (χ3n) is 5.99. The van der Waals surface area contributed by atoms with Crippen LogP contribution in [0.1, 0.15) is 96.3 Å². The van der Waals surface area contributed by atoms with E-state index in [2.05, 4.69) is 26.3 Å². The summed E-state index contributed by atoms with van der Waals surface area (Å²) in [7, 11) is 0.385. The van der Waals surface area contributed by atoms with Gasteiger partial charge in [0.25, 0.3) is 0 Å². The van der Waals surface area contributed by atoms with Crippen molar-refractivity contribution in [2.75, 3.05) is 0 Å². The summed E-state index contributed by atoms with van der Waals surface area (Å²) in [6, 6.07) is 0. The molecule has 24 heavy (non-hydrogen) atoms. The molecule has 0 spiro atoms. The monoisotopic (exact) mass is 442 g/mol. The van der Waals surface area contributed by atoms with Crippen molar-refractivity contribution in [3.8, 4) is 0 Å². The molecular weight excluding hydrogens is 402 g/mol. The summed E-state index contributed by atoms with van der Waals surface area (Å²) < 4.78 is 0. The predicted octanol–water partition coefficient (Wildman–Crippen LogP) is 8.07. The summed E-state index contributed by atoms with van der Waals surface area (Å²) in [5.41, 5.74) is 3.57. The standard InChI is InChI=1S/C18H33P.2C2H4.Pd/c1-4-10-16(11-5-1)19(17-12-6-2-7-13-17)18-14-8-3-9-15-18;2*1-2;/h16-18H,1-15H2;2*1-2H2;. The van der Waals surface area contributed by atoms with E-state index in [1.807, 2.05) is 0 Å². The van der Waals surface area contributed by atoms with Gasteiger partial charge in [-0.25, -0.2) is 0 Å². The van der Waals surface area contributed by atoms with Crippen molar-refractivity contribution in [2.45, 2.75) is 113 Å². The molecule has 0 aromatic heterocycles. The van der Waals surface area contributed by atoms with Crippen LogP contribution in [0.25, 0.3) is 0 Å². The molecule has 0 aromatic carbocycles. The van der Waals surface area contributed by atoms with Crippen LogP contribution in [0, 0.1) is 0 Å². The van der Waals surface area contributed by atoms with Crippen LogP contribution in [0.4, 0.5) is 0 Å². The van der Waals surface area contributed by atoms with Crippen molar-refractivity contribution >= 4 is 7.92 Å². The van der Waals surface area contributed by atoms with Gasteiger partial charge < -0.3 is 0 Å². The van der Waals surface area contributed by atoms with Crippen LogP contribution < -0.4 is 0 Å². The SMILES string of the molecule is C1CCC(P(C2CCCCC2)C2CCCCC2)CC1.C=C.C=C.[Pd]. The summed E-state index contributed by atoms with van der Waals surface area (Å²) in [6.45, 7) is 12.0. The maximum atomic E-state index is 3.00. The average molecular weight is 443 g/mol. The molecule has 0 N–H and O–H groups in total. The summed E-state index contributed by atoms with van der Waals surface area (Å²) in [5.74, 6) is 0. The van der Waals surface area contributed by atoms with Gasteiger partial charge >= 0.3 is 0 Å². The zero-order valence-corrected chi connectivity index (χ0v) is 18.4. The van der Waals surface area contributed by atoms with E-state index >= 15 is 0 Å². The van der Waals surface area contributed by atoms with Crippen LogP contribution in [0.3, 0.4) is 0 Å². The van der Waals surface area contributed by atoms with Gasteiger partial charge in [0.05, 0.1) is 0 Å². The molecule has 0 aliphatic heterocycles. The Morgan fingerprint density at radius 2 is 0.625 bits per heavy atom. The molecule has 0 unspecified atom stereocenters. The Morgan fingerprint density at radius 1 is 0.417 bits per heavy atom. The minimum atomic E-state index is 0. The first-order valence-corrected chi connectivity index (χ1v) is 11.8. The van der Waals surface area contributed by atoms with Crippen molar-refractivity contribution in [1.29, 1.82) is 0 Å². The zero-order valence-electron chi connectivity index (χ0n) is 15.9. The van der Waals surface area contributed by atoms with Crippen molar-refractivity contribution in [3.63, 3.8) is 0 Å². The average Bonchev–Trinajstić information content (AvgIpc) is 2.68. The van der Waals surface area contributed by atoms with Gasteiger partial charge in [0.1, 0.15) is 0 Å². The van der Waals surface area contributed by atoms with Crippen LogP contribution in [-0.4, -0.2) is 17.0 Å². The Balaban J connectivity index is 0.000000987. The van der Waals surface area contributed by atoms with Crippen LogP contribution >= 0.6 is 7.92 Å². The normalized spacial score (nSPS) is 23.2. The first-order chi connectivity index (χ1) is 11.4. The molecule has 3 fully saturated rings. The summed E-state index contributed by atoms with van der Waals surface area (Å²) in [5, 5.41) is 0. The molecule has 3 aliphatic carbocycles. The molecule has 0 radical (unpaired) electrons. The van der Waals surface area contributed by atoms with Gasteiger partial charge in [-0.2, -0.15) is 0 Å². The predicted molar refractivity (Wildman–Crippen MR) is 110 cm³/mol. The van der Waals surface area contributed by atoms with Crippen LogP contribution in [0.15, 0.2) is 26.3 Å². The van der Waals surface area contributed by atoms with Crippen molar-refractivity contribution in [2.24, 2.45) is 0 Å². The molecule has 2 heteroatoms. The molecule has 3 aliphatic rings. The molecule has 3 saturated carbocycles. The number of rotatable bonds is 3. The first-order valence-electron chi connectivity index (χ1n) is 10.2. The quantitative estimate of drug-likeness (QED) is 0.235. The Labute approximate surface area is 167 Å². The van der Waals surface area contributed by atoms with Gasteiger partial charge in [-0.3, -0.25) is 0 Å². The second-order valence-corrected chi connectivity index (χ2v) is 10.4. The van der Waals surface area contributed by atoms with E-state index in [0.29, 0.717) is 7.92 Å². The Hall–Kier alpha value is 0.572. The fourth-order valence-electron chi connectivity index (χ4n) is 5.03. The van der Waals surface area contributed by atoms with Gasteiger partial charge in [0, 0.05) is 20.4 Å². The fourth-order valence-corrected chi connectivity index (χ4v) is 9.71. The number of hydrogen-bond donors (Lipinski definition) is 0. The zero-order chi connectivity index (χ0) is 16.9. The first kappa shape index (κ1) is 24.6. The van der Waals surface area contributed by atoms with E-state index in [-0.39, 0.29) is 20.4 Å². The molecule has 3 rings (SSSR count). The fraction of sp³-hybridized carbons (Fsp3) is 0.818. The molecule has 0 amide bonds. The topological polar surface area (TPSA) is 0 Å². The van der Waals surface area contributed by atoms with Crippen molar-refractivity contribution < 1.29 is 20.4 Å². The molecule has 144 valence electrons. The van der Waals surface area contributed by atoms with E-state index < -0.39 is 0 Å². The van der Waals surface area contributed by atoms with Crippen LogP contribution in [-0.2, 0) is 20.4 Å². The summed E-state index contributed by atoms with van der Waals surface area (Å²) >= 11 is 0. The van der Waals surface area contributed by atoms with Gasteiger partial charge in [-0.05, 0) is 55.5 Å². The minimum Gasteiger partial charge on any atom is -0.106 e. The summed E-state index contributed by atoms with van der Waals surface area (Å²) in [4.78, 5) is 0. The van der Waals surface area contributed by atoms with E-state index in [0.717, 1.165) is 0 Å². The molecule has 0 aromatic rings. The molecule has 0 atom stereocenters.